The highest BCUT2D eigenvalue weighted by Crippen LogP contribution is 2.37. The van der Waals surface area contributed by atoms with Gasteiger partial charge in [-0.15, -0.1) is 11.3 Å². The number of hydrogen-bond acceptors (Lipinski definition) is 6. The third-order valence-electron chi connectivity index (χ3n) is 4.32. The molecule has 1 aromatic carbocycles. The lowest BCUT2D eigenvalue weighted by Crippen LogP contribution is -2.15. The minimum Gasteiger partial charge on any atom is -0.497 e. The van der Waals surface area contributed by atoms with E-state index in [4.69, 9.17) is 9.47 Å². The van der Waals surface area contributed by atoms with E-state index in [-0.39, 0.29) is 12.5 Å². The van der Waals surface area contributed by atoms with E-state index >= 15 is 0 Å². The van der Waals surface area contributed by atoms with Crippen LogP contribution in [0.4, 0.5) is 5.00 Å². The normalized spacial score (nSPS) is 10.6. The Hall–Kier alpha value is -3.13. The quantitative estimate of drug-likeness (QED) is 0.566. The van der Waals surface area contributed by atoms with Crippen molar-refractivity contribution in [3.8, 4) is 16.9 Å². The van der Waals surface area contributed by atoms with E-state index in [2.05, 4.69) is 10.4 Å². The van der Waals surface area contributed by atoms with Crippen LogP contribution in [-0.2, 0) is 23.0 Å². The molecule has 1 N–H and O–H groups in total. The molecule has 0 aliphatic heterocycles. The number of methoxy groups -OCH3 is 1. The van der Waals surface area contributed by atoms with Gasteiger partial charge in [-0.25, -0.2) is 4.79 Å². The maximum atomic E-state index is 12.6. The number of carbonyl (C=O) groups is 2. The predicted molar refractivity (Wildman–Crippen MR) is 112 cm³/mol. The molecule has 0 fully saturated rings. The van der Waals surface area contributed by atoms with E-state index in [1.807, 2.05) is 42.9 Å². The summed E-state index contributed by atoms with van der Waals surface area (Å²) in [5.74, 6) is 0.107. The van der Waals surface area contributed by atoms with Gasteiger partial charge in [-0.1, -0.05) is 12.1 Å². The van der Waals surface area contributed by atoms with Crippen LogP contribution in [0.1, 0.15) is 29.3 Å². The molecule has 0 saturated carbocycles. The summed E-state index contributed by atoms with van der Waals surface area (Å²) >= 11 is 1.31. The third-order valence-corrected chi connectivity index (χ3v) is 5.22. The second kappa shape index (κ2) is 9.38. The van der Waals surface area contributed by atoms with Crippen molar-refractivity contribution in [3.05, 3.63) is 53.2 Å². The molecule has 0 atom stereocenters. The van der Waals surface area contributed by atoms with E-state index in [1.54, 1.807) is 24.9 Å². The number of anilines is 1. The summed E-state index contributed by atoms with van der Waals surface area (Å²) in [7, 11) is 3.43. The predicted octanol–water partition coefficient (Wildman–Crippen LogP) is 3.91. The highest BCUT2D eigenvalue weighted by Gasteiger charge is 2.22. The smallest absolute Gasteiger partial charge is 0.341 e. The van der Waals surface area contributed by atoms with Crippen molar-refractivity contribution in [3.63, 3.8) is 0 Å². The number of hydrogen-bond donors (Lipinski definition) is 1. The number of amides is 1. The Morgan fingerprint density at radius 2 is 2.00 bits per heavy atom. The highest BCUT2D eigenvalue weighted by atomic mass is 32.1. The molecular formula is C21H23N3O4S. The Morgan fingerprint density at radius 1 is 1.24 bits per heavy atom. The summed E-state index contributed by atoms with van der Waals surface area (Å²) < 4.78 is 12.1. The first-order valence-electron chi connectivity index (χ1n) is 9.22. The van der Waals surface area contributed by atoms with Crippen molar-refractivity contribution in [2.75, 3.05) is 19.0 Å². The molecule has 8 heteroatoms. The van der Waals surface area contributed by atoms with Crippen LogP contribution in [0, 0.1) is 0 Å². The van der Waals surface area contributed by atoms with Gasteiger partial charge in [-0.05, 0) is 36.6 Å². The Bertz CT molecular complexity index is 992. The van der Waals surface area contributed by atoms with Gasteiger partial charge in [-0.3, -0.25) is 9.48 Å². The maximum Gasteiger partial charge on any atom is 0.341 e. The molecule has 0 aliphatic rings. The van der Waals surface area contributed by atoms with Crippen molar-refractivity contribution in [2.24, 2.45) is 7.05 Å². The zero-order chi connectivity index (χ0) is 20.8. The van der Waals surface area contributed by atoms with Crippen LogP contribution in [0.3, 0.4) is 0 Å². The molecule has 152 valence electrons. The van der Waals surface area contributed by atoms with Crippen molar-refractivity contribution >= 4 is 28.2 Å². The average Bonchev–Trinajstić information content (AvgIpc) is 3.32. The number of nitrogens with one attached hydrogen (secondary N) is 1. The Morgan fingerprint density at radius 3 is 2.62 bits per heavy atom. The maximum absolute atomic E-state index is 12.6. The van der Waals surface area contributed by atoms with Gasteiger partial charge in [0.2, 0.25) is 5.91 Å². The first kappa shape index (κ1) is 20.6. The van der Waals surface area contributed by atoms with Crippen molar-refractivity contribution in [1.29, 1.82) is 0 Å². The molecule has 2 heterocycles. The van der Waals surface area contributed by atoms with E-state index in [0.29, 0.717) is 23.4 Å². The molecule has 0 spiro atoms. The molecule has 3 rings (SSSR count). The summed E-state index contributed by atoms with van der Waals surface area (Å²) in [6, 6.07) is 7.40. The van der Waals surface area contributed by atoms with E-state index in [9.17, 15) is 9.59 Å². The third kappa shape index (κ3) is 5.03. The summed E-state index contributed by atoms with van der Waals surface area (Å²) in [6.45, 7) is 2.01. The summed E-state index contributed by atoms with van der Waals surface area (Å²) in [5.41, 5.74) is 2.93. The standard InChI is InChI=1S/C21H23N3O4S/c1-4-28-21(26)19-17(15-6-8-16(27-3)9-7-15)13-29-20(19)23-18(25)10-5-14-11-22-24(2)12-14/h6-9,11-13H,4-5,10H2,1-3H3,(H,23,25). The Balaban J connectivity index is 1.80. The molecular weight excluding hydrogens is 390 g/mol. The molecule has 29 heavy (non-hydrogen) atoms. The van der Waals surface area contributed by atoms with E-state index in [0.717, 1.165) is 22.4 Å². The second-order valence-corrected chi connectivity index (χ2v) is 7.25. The molecule has 3 aromatic rings. The molecule has 7 nitrogen and oxygen atoms in total. The van der Waals surface area contributed by atoms with Crippen LogP contribution in [0.15, 0.2) is 42.0 Å². The number of carbonyl (C=O) groups excluding carboxylic acids is 2. The van der Waals surface area contributed by atoms with Crippen LogP contribution in [0.5, 0.6) is 5.75 Å². The number of thiophene rings is 1. The lowest BCUT2D eigenvalue weighted by atomic mass is 10.0. The number of rotatable bonds is 8. The average molecular weight is 413 g/mol. The molecule has 1 amide bonds. The van der Waals surface area contributed by atoms with Gasteiger partial charge in [0.1, 0.15) is 16.3 Å². The van der Waals surface area contributed by atoms with Gasteiger partial charge in [0.25, 0.3) is 0 Å². The fraction of sp³-hybridized carbons (Fsp3) is 0.286. The molecule has 2 aromatic heterocycles. The molecule has 0 bridgehead atoms. The number of ether oxygens (including phenoxy) is 2. The fourth-order valence-corrected chi connectivity index (χ4v) is 3.86. The van der Waals surface area contributed by atoms with Gasteiger partial charge in [-0.2, -0.15) is 5.10 Å². The van der Waals surface area contributed by atoms with Gasteiger partial charge < -0.3 is 14.8 Å². The Labute approximate surface area is 173 Å². The zero-order valence-corrected chi connectivity index (χ0v) is 17.4. The van der Waals surface area contributed by atoms with Gasteiger partial charge in [0, 0.05) is 30.6 Å². The number of benzene rings is 1. The molecule has 0 aliphatic carbocycles. The first-order chi connectivity index (χ1) is 14.0. The fourth-order valence-electron chi connectivity index (χ4n) is 2.89. The molecule has 0 saturated heterocycles. The number of aryl methyl sites for hydroxylation is 2. The van der Waals surface area contributed by atoms with E-state index < -0.39 is 5.97 Å². The lowest BCUT2D eigenvalue weighted by molar-refractivity contribution is -0.116. The van der Waals surface area contributed by atoms with Crippen molar-refractivity contribution in [1.82, 2.24) is 9.78 Å². The highest BCUT2D eigenvalue weighted by molar-refractivity contribution is 7.15. The van der Waals surface area contributed by atoms with Crippen LogP contribution in [0.25, 0.3) is 11.1 Å². The van der Waals surface area contributed by atoms with Crippen molar-refractivity contribution in [2.45, 2.75) is 19.8 Å². The number of nitrogens with zero attached hydrogens (tertiary/aromatic N) is 2. The van der Waals surface area contributed by atoms with Gasteiger partial charge in [0.05, 0.1) is 19.9 Å². The lowest BCUT2D eigenvalue weighted by Gasteiger charge is -2.09. The van der Waals surface area contributed by atoms with Gasteiger partial charge >= 0.3 is 5.97 Å². The topological polar surface area (TPSA) is 82.4 Å². The van der Waals surface area contributed by atoms with Crippen LogP contribution in [0.2, 0.25) is 0 Å². The van der Waals surface area contributed by atoms with Crippen LogP contribution in [-0.4, -0.2) is 35.4 Å². The van der Waals surface area contributed by atoms with Crippen LogP contribution >= 0.6 is 11.3 Å². The minimum absolute atomic E-state index is 0.164. The SMILES string of the molecule is CCOC(=O)c1c(-c2ccc(OC)cc2)csc1NC(=O)CCc1cnn(C)c1. The first-order valence-corrected chi connectivity index (χ1v) is 10.1. The minimum atomic E-state index is -0.456. The second-order valence-electron chi connectivity index (χ2n) is 6.37. The van der Waals surface area contributed by atoms with Gasteiger partial charge in [0.15, 0.2) is 0 Å². The largest absolute Gasteiger partial charge is 0.497 e. The Kier molecular flexibility index (Phi) is 6.66. The number of aromatic nitrogens is 2. The molecule has 0 unspecified atom stereocenters. The monoisotopic (exact) mass is 413 g/mol. The zero-order valence-electron chi connectivity index (χ0n) is 16.6. The summed E-state index contributed by atoms with van der Waals surface area (Å²) in [5, 5.41) is 9.31. The van der Waals surface area contributed by atoms with Crippen LogP contribution < -0.4 is 10.1 Å². The van der Waals surface area contributed by atoms with E-state index in [1.165, 1.54) is 11.3 Å². The number of esters is 1. The van der Waals surface area contributed by atoms with Crippen molar-refractivity contribution < 1.29 is 19.1 Å². The summed E-state index contributed by atoms with van der Waals surface area (Å²) in [4.78, 5) is 25.1. The molecule has 0 radical (unpaired) electrons. The summed E-state index contributed by atoms with van der Waals surface area (Å²) in [6.07, 6.45) is 4.49.